The van der Waals surface area contributed by atoms with Gasteiger partial charge in [0.15, 0.2) is 0 Å². The number of carboxylic acids is 1. The average Bonchev–Trinajstić information content (AvgIpc) is 3.55. The van der Waals surface area contributed by atoms with Gasteiger partial charge in [-0.25, -0.2) is 4.79 Å². The van der Waals surface area contributed by atoms with Crippen LogP contribution in [0, 0.1) is 0 Å². The summed E-state index contributed by atoms with van der Waals surface area (Å²) in [6.45, 7) is 3.36. The van der Waals surface area contributed by atoms with Gasteiger partial charge in [-0.3, -0.25) is 4.79 Å². The highest BCUT2D eigenvalue weighted by molar-refractivity contribution is 7.99. The number of pyridine rings is 1. The molecule has 2 heterocycles. The third-order valence-corrected chi connectivity index (χ3v) is 8.01. The third-order valence-electron chi connectivity index (χ3n) is 6.81. The molecule has 7 heteroatoms. The topological polar surface area (TPSA) is 77.8 Å². The first-order chi connectivity index (χ1) is 15.5. The fourth-order valence-electron chi connectivity index (χ4n) is 4.75. The van der Waals surface area contributed by atoms with Crippen molar-refractivity contribution in [3.63, 3.8) is 0 Å². The van der Waals surface area contributed by atoms with E-state index in [0.29, 0.717) is 19.1 Å². The van der Waals surface area contributed by atoms with Crippen molar-refractivity contribution in [3.8, 4) is 17.0 Å². The fraction of sp³-hybridized carbons (Fsp3) is 0.520. The molecule has 1 aromatic heterocycles. The van der Waals surface area contributed by atoms with E-state index in [9.17, 15) is 14.7 Å². The van der Waals surface area contributed by atoms with Crippen molar-refractivity contribution in [1.29, 1.82) is 0 Å². The Kier molecular flexibility index (Phi) is 5.80. The molecular formula is C25H29NO5S. The second-order valence-corrected chi connectivity index (χ2v) is 10.4. The van der Waals surface area contributed by atoms with Crippen LogP contribution in [0.15, 0.2) is 27.9 Å². The van der Waals surface area contributed by atoms with Gasteiger partial charge in [-0.2, -0.15) is 0 Å². The summed E-state index contributed by atoms with van der Waals surface area (Å²) in [4.78, 5) is 26.1. The van der Waals surface area contributed by atoms with Gasteiger partial charge in [0.1, 0.15) is 11.3 Å². The van der Waals surface area contributed by atoms with E-state index in [2.05, 4.69) is 19.1 Å². The highest BCUT2D eigenvalue weighted by atomic mass is 32.2. The number of rotatable bonds is 8. The first kappa shape index (κ1) is 21.6. The first-order valence-corrected chi connectivity index (χ1v) is 12.4. The number of hydrogen-bond donors (Lipinski definition) is 1. The van der Waals surface area contributed by atoms with E-state index in [0.717, 1.165) is 59.6 Å². The summed E-state index contributed by atoms with van der Waals surface area (Å²) in [5.74, 6) is 0.269. The van der Waals surface area contributed by atoms with Gasteiger partial charge >= 0.3 is 5.97 Å². The average molecular weight is 456 g/mol. The maximum atomic E-state index is 13.2. The number of benzene rings is 1. The molecule has 1 aliphatic heterocycles. The van der Waals surface area contributed by atoms with E-state index in [1.54, 1.807) is 29.5 Å². The number of methoxy groups -OCH3 is 1. The summed E-state index contributed by atoms with van der Waals surface area (Å²) >= 11 is 1.71. The number of hydrogen-bond acceptors (Lipinski definition) is 5. The normalized spacial score (nSPS) is 19.8. The molecule has 1 atom stereocenters. The maximum Gasteiger partial charge on any atom is 0.341 e. The minimum Gasteiger partial charge on any atom is -0.493 e. The molecule has 6 nitrogen and oxygen atoms in total. The Labute approximate surface area is 191 Å². The predicted molar refractivity (Wildman–Crippen MR) is 124 cm³/mol. The SMILES string of the molecule is COCCCOc1cc2c(cc1C1CCC1)-c1c(cc(C(=O)O)c(=O)n1C1CC1)C(C)S2. The summed E-state index contributed by atoms with van der Waals surface area (Å²) < 4.78 is 13.1. The van der Waals surface area contributed by atoms with Crippen molar-refractivity contribution in [2.24, 2.45) is 0 Å². The Bertz CT molecular complexity index is 1120. The minimum absolute atomic E-state index is 0.0529. The van der Waals surface area contributed by atoms with Crippen LogP contribution in [-0.4, -0.2) is 36.0 Å². The summed E-state index contributed by atoms with van der Waals surface area (Å²) in [6, 6.07) is 6.07. The van der Waals surface area contributed by atoms with Gasteiger partial charge in [0.2, 0.25) is 0 Å². The summed E-state index contributed by atoms with van der Waals surface area (Å²) in [7, 11) is 1.70. The van der Waals surface area contributed by atoms with Crippen LogP contribution in [0.1, 0.15) is 84.1 Å². The zero-order valence-electron chi connectivity index (χ0n) is 18.6. The number of aromatic nitrogens is 1. The van der Waals surface area contributed by atoms with Crippen LogP contribution >= 0.6 is 11.8 Å². The second-order valence-electron chi connectivity index (χ2n) is 9.04. The Balaban J connectivity index is 1.66. The van der Waals surface area contributed by atoms with E-state index in [4.69, 9.17) is 9.47 Å². The van der Waals surface area contributed by atoms with Crippen LogP contribution in [0.3, 0.4) is 0 Å². The van der Waals surface area contributed by atoms with Crippen molar-refractivity contribution in [2.45, 2.75) is 67.6 Å². The molecule has 0 bridgehead atoms. The second kappa shape index (κ2) is 8.60. The number of aromatic carboxylic acids is 1. The van der Waals surface area contributed by atoms with Gasteiger partial charge in [-0.1, -0.05) is 6.42 Å². The largest absolute Gasteiger partial charge is 0.493 e. The fourth-order valence-corrected chi connectivity index (χ4v) is 5.89. The number of carbonyl (C=O) groups is 1. The van der Waals surface area contributed by atoms with Crippen molar-refractivity contribution >= 4 is 17.7 Å². The summed E-state index contributed by atoms with van der Waals surface area (Å²) in [6.07, 6.45) is 6.20. The minimum atomic E-state index is -1.15. The molecule has 2 aromatic rings. The molecule has 2 saturated carbocycles. The van der Waals surface area contributed by atoms with Gasteiger partial charge < -0.3 is 19.1 Å². The van der Waals surface area contributed by atoms with Crippen LogP contribution in [0.5, 0.6) is 5.75 Å². The monoisotopic (exact) mass is 455 g/mol. The molecule has 1 N–H and O–H groups in total. The maximum absolute atomic E-state index is 13.2. The third kappa shape index (κ3) is 3.75. The lowest BCUT2D eigenvalue weighted by atomic mass is 9.79. The molecule has 32 heavy (non-hydrogen) atoms. The number of ether oxygens (including phenoxy) is 2. The molecule has 0 spiro atoms. The van der Waals surface area contributed by atoms with E-state index in [-0.39, 0.29) is 22.4 Å². The Hall–Kier alpha value is -2.25. The van der Waals surface area contributed by atoms with Gasteiger partial charge in [0.05, 0.1) is 12.3 Å². The van der Waals surface area contributed by atoms with E-state index in [1.807, 2.05) is 0 Å². The first-order valence-electron chi connectivity index (χ1n) is 11.5. The highest BCUT2D eigenvalue weighted by Gasteiger charge is 2.36. The zero-order valence-corrected chi connectivity index (χ0v) is 19.4. The molecular weight excluding hydrogens is 426 g/mol. The lowest BCUT2D eigenvalue weighted by molar-refractivity contribution is 0.0694. The van der Waals surface area contributed by atoms with Gasteiger partial charge in [0, 0.05) is 41.9 Å². The Morgan fingerprint density at radius 2 is 1.94 bits per heavy atom. The molecule has 1 aromatic carbocycles. The quantitative estimate of drug-likeness (QED) is 0.537. The van der Waals surface area contributed by atoms with Crippen LogP contribution in [-0.2, 0) is 4.74 Å². The molecule has 0 amide bonds. The molecule has 5 rings (SSSR count). The van der Waals surface area contributed by atoms with Crippen molar-refractivity contribution in [1.82, 2.24) is 4.57 Å². The molecule has 170 valence electrons. The van der Waals surface area contributed by atoms with Crippen molar-refractivity contribution in [3.05, 3.63) is 45.2 Å². The number of fused-ring (bicyclic) bond motifs is 3. The lowest BCUT2D eigenvalue weighted by Crippen LogP contribution is -2.29. The Morgan fingerprint density at radius 1 is 1.16 bits per heavy atom. The molecule has 2 aliphatic carbocycles. The lowest BCUT2D eigenvalue weighted by Gasteiger charge is -2.32. The molecule has 2 fully saturated rings. The molecule has 3 aliphatic rings. The van der Waals surface area contributed by atoms with Gasteiger partial charge in [-0.05, 0) is 67.9 Å². The van der Waals surface area contributed by atoms with Crippen LogP contribution in [0.4, 0.5) is 0 Å². The van der Waals surface area contributed by atoms with Crippen molar-refractivity contribution < 1.29 is 19.4 Å². The van der Waals surface area contributed by atoms with Crippen LogP contribution < -0.4 is 10.3 Å². The summed E-state index contributed by atoms with van der Waals surface area (Å²) in [5.41, 5.74) is 3.62. The van der Waals surface area contributed by atoms with E-state index in [1.165, 1.54) is 12.0 Å². The summed E-state index contributed by atoms with van der Waals surface area (Å²) in [5, 5.41) is 9.70. The number of carboxylic acid groups (broad SMARTS) is 1. The van der Waals surface area contributed by atoms with E-state index >= 15 is 0 Å². The zero-order chi connectivity index (χ0) is 22.4. The van der Waals surface area contributed by atoms with E-state index < -0.39 is 5.97 Å². The van der Waals surface area contributed by atoms with Crippen LogP contribution in [0.2, 0.25) is 0 Å². The molecule has 1 unspecified atom stereocenters. The van der Waals surface area contributed by atoms with Crippen molar-refractivity contribution in [2.75, 3.05) is 20.3 Å². The van der Waals surface area contributed by atoms with Crippen LogP contribution in [0.25, 0.3) is 11.3 Å². The number of thioether (sulfide) groups is 1. The van der Waals surface area contributed by atoms with Gasteiger partial charge in [0.25, 0.3) is 5.56 Å². The molecule has 0 radical (unpaired) electrons. The predicted octanol–water partition coefficient (Wildman–Crippen LogP) is 5.40. The standard InChI is InChI=1S/C25H29NO5S/c1-14-17-11-20(25(28)29)24(27)26(16-7-8-16)23(17)19-12-18(15-5-3-6-15)21(13-22(19)32-14)31-10-4-9-30-2/h11-16H,3-10H2,1-2H3,(H,28,29). The smallest absolute Gasteiger partial charge is 0.341 e. The number of nitrogens with zero attached hydrogens (tertiary/aromatic N) is 1. The molecule has 0 saturated heterocycles. The highest BCUT2D eigenvalue weighted by Crippen LogP contribution is 2.54. The van der Waals surface area contributed by atoms with Gasteiger partial charge in [-0.15, -0.1) is 11.8 Å². The Morgan fingerprint density at radius 3 is 2.56 bits per heavy atom.